The summed E-state index contributed by atoms with van der Waals surface area (Å²) in [7, 11) is 0. The molecule has 0 aliphatic carbocycles. The SMILES string of the molecule is CC(C(=O)NCc1ccco1)n1cc(CCCCN)nn1. The predicted octanol–water partition coefficient (Wildman–Crippen LogP) is 1.03. The van der Waals surface area contributed by atoms with E-state index in [9.17, 15) is 4.79 Å². The highest BCUT2D eigenvalue weighted by atomic mass is 16.3. The summed E-state index contributed by atoms with van der Waals surface area (Å²) in [6.45, 7) is 2.84. The van der Waals surface area contributed by atoms with Crippen molar-refractivity contribution in [1.29, 1.82) is 0 Å². The largest absolute Gasteiger partial charge is 0.467 e. The molecule has 1 amide bonds. The van der Waals surface area contributed by atoms with Crippen LogP contribution in [0.4, 0.5) is 0 Å². The Kier molecular flexibility index (Phi) is 5.51. The fourth-order valence-corrected chi connectivity index (χ4v) is 1.92. The highest BCUT2D eigenvalue weighted by molar-refractivity contribution is 5.79. The third-order valence-corrected chi connectivity index (χ3v) is 3.24. The van der Waals surface area contributed by atoms with Gasteiger partial charge in [0.2, 0.25) is 5.91 Å². The molecule has 114 valence electrons. The highest BCUT2D eigenvalue weighted by Crippen LogP contribution is 2.08. The van der Waals surface area contributed by atoms with Crippen LogP contribution in [0.5, 0.6) is 0 Å². The predicted molar refractivity (Wildman–Crippen MR) is 77.3 cm³/mol. The van der Waals surface area contributed by atoms with Crippen LogP contribution in [0.25, 0.3) is 0 Å². The molecule has 1 atom stereocenters. The number of nitrogens with zero attached hydrogens (tertiary/aromatic N) is 3. The summed E-state index contributed by atoms with van der Waals surface area (Å²) in [6.07, 6.45) is 6.17. The van der Waals surface area contributed by atoms with Gasteiger partial charge in [0.15, 0.2) is 0 Å². The first kappa shape index (κ1) is 15.2. The number of hydrogen-bond donors (Lipinski definition) is 2. The minimum atomic E-state index is -0.407. The lowest BCUT2D eigenvalue weighted by Crippen LogP contribution is -2.30. The van der Waals surface area contributed by atoms with Crippen molar-refractivity contribution < 1.29 is 9.21 Å². The van der Waals surface area contributed by atoms with Gasteiger partial charge in [-0.3, -0.25) is 4.79 Å². The quantitative estimate of drug-likeness (QED) is 0.708. The lowest BCUT2D eigenvalue weighted by Gasteiger charge is -2.10. The van der Waals surface area contributed by atoms with Gasteiger partial charge in [0.05, 0.1) is 18.5 Å². The number of aryl methyl sites for hydroxylation is 1. The normalized spacial score (nSPS) is 12.3. The van der Waals surface area contributed by atoms with E-state index >= 15 is 0 Å². The number of carbonyl (C=O) groups excluding carboxylic acids is 1. The fraction of sp³-hybridized carbons (Fsp3) is 0.500. The number of unbranched alkanes of at least 4 members (excludes halogenated alkanes) is 1. The zero-order valence-corrected chi connectivity index (χ0v) is 12.2. The monoisotopic (exact) mass is 291 g/mol. The van der Waals surface area contributed by atoms with Gasteiger partial charge in [0.1, 0.15) is 11.8 Å². The van der Waals surface area contributed by atoms with Crippen molar-refractivity contribution in [3.8, 4) is 0 Å². The molecule has 0 radical (unpaired) electrons. The topological polar surface area (TPSA) is 99.0 Å². The summed E-state index contributed by atoms with van der Waals surface area (Å²) < 4.78 is 6.75. The number of amides is 1. The summed E-state index contributed by atoms with van der Waals surface area (Å²) in [5, 5.41) is 10.9. The van der Waals surface area contributed by atoms with Crippen molar-refractivity contribution in [1.82, 2.24) is 20.3 Å². The molecule has 0 fully saturated rings. The van der Waals surface area contributed by atoms with Crippen LogP contribution < -0.4 is 11.1 Å². The Morgan fingerprint density at radius 1 is 1.52 bits per heavy atom. The van der Waals surface area contributed by atoms with E-state index in [4.69, 9.17) is 10.2 Å². The van der Waals surface area contributed by atoms with Crippen LogP contribution in [0.15, 0.2) is 29.0 Å². The van der Waals surface area contributed by atoms with E-state index in [-0.39, 0.29) is 5.91 Å². The van der Waals surface area contributed by atoms with E-state index < -0.39 is 6.04 Å². The van der Waals surface area contributed by atoms with E-state index in [1.165, 1.54) is 0 Å². The molecule has 2 aromatic rings. The smallest absolute Gasteiger partial charge is 0.245 e. The second-order valence-electron chi connectivity index (χ2n) is 4.91. The first-order valence-corrected chi connectivity index (χ1v) is 7.11. The minimum absolute atomic E-state index is 0.121. The molecule has 0 saturated carbocycles. The third kappa shape index (κ3) is 4.42. The van der Waals surface area contributed by atoms with Crippen molar-refractivity contribution in [2.24, 2.45) is 5.73 Å². The van der Waals surface area contributed by atoms with Gasteiger partial charge >= 0.3 is 0 Å². The van der Waals surface area contributed by atoms with Crippen LogP contribution in [-0.2, 0) is 17.8 Å². The first-order valence-electron chi connectivity index (χ1n) is 7.11. The number of aromatic nitrogens is 3. The van der Waals surface area contributed by atoms with Gasteiger partial charge in [-0.25, -0.2) is 4.68 Å². The molecule has 2 heterocycles. The van der Waals surface area contributed by atoms with E-state index in [0.29, 0.717) is 13.1 Å². The Morgan fingerprint density at radius 3 is 3.10 bits per heavy atom. The van der Waals surface area contributed by atoms with Crippen molar-refractivity contribution in [2.75, 3.05) is 6.54 Å². The van der Waals surface area contributed by atoms with E-state index in [1.807, 2.05) is 12.3 Å². The van der Waals surface area contributed by atoms with Gasteiger partial charge in [0, 0.05) is 6.20 Å². The van der Waals surface area contributed by atoms with Gasteiger partial charge in [0.25, 0.3) is 0 Å². The summed E-state index contributed by atoms with van der Waals surface area (Å²) >= 11 is 0. The van der Waals surface area contributed by atoms with Crippen LogP contribution in [0.2, 0.25) is 0 Å². The average Bonchev–Trinajstić information content (AvgIpc) is 3.15. The molecule has 0 bridgehead atoms. The number of nitrogens with one attached hydrogen (secondary N) is 1. The van der Waals surface area contributed by atoms with E-state index in [1.54, 1.807) is 23.9 Å². The summed E-state index contributed by atoms with van der Waals surface area (Å²) in [6, 6.07) is 3.20. The zero-order valence-electron chi connectivity index (χ0n) is 12.2. The molecule has 7 heteroatoms. The number of furan rings is 1. The molecule has 0 aliphatic rings. The minimum Gasteiger partial charge on any atom is -0.467 e. The first-order chi connectivity index (χ1) is 10.2. The number of hydrogen-bond acceptors (Lipinski definition) is 5. The summed E-state index contributed by atoms with van der Waals surface area (Å²) in [4.78, 5) is 12.1. The molecule has 0 aromatic carbocycles. The van der Waals surface area contributed by atoms with Gasteiger partial charge in [-0.2, -0.15) is 0 Å². The van der Waals surface area contributed by atoms with Crippen molar-refractivity contribution in [3.63, 3.8) is 0 Å². The number of carbonyl (C=O) groups is 1. The second kappa shape index (κ2) is 7.58. The van der Waals surface area contributed by atoms with Gasteiger partial charge in [-0.15, -0.1) is 5.10 Å². The molecule has 2 rings (SSSR count). The lowest BCUT2D eigenvalue weighted by atomic mass is 10.2. The average molecular weight is 291 g/mol. The van der Waals surface area contributed by atoms with Crippen molar-refractivity contribution in [3.05, 3.63) is 36.0 Å². The standard InChI is InChI=1S/C14H21N5O2/c1-11(14(20)16-9-13-6-4-8-21-13)19-10-12(17-18-19)5-2-3-7-15/h4,6,8,10-11H,2-3,5,7,9,15H2,1H3,(H,16,20). The third-order valence-electron chi connectivity index (χ3n) is 3.24. The molecule has 0 spiro atoms. The Balaban J connectivity index is 1.83. The Bertz CT molecular complexity index is 549. The fourth-order valence-electron chi connectivity index (χ4n) is 1.92. The molecule has 0 aliphatic heterocycles. The Morgan fingerprint density at radius 2 is 2.38 bits per heavy atom. The molecule has 21 heavy (non-hydrogen) atoms. The van der Waals surface area contributed by atoms with E-state index in [0.717, 1.165) is 30.7 Å². The lowest BCUT2D eigenvalue weighted by molar-refractivity contribution is -0.124. The number of nitrogens with two attached hydrogens (primary N) is 1. The Labute approximate surface area is 123 Å². The van der Waals surface area contributed by atoms with Crippen LogP contribution >= 0.6 is 0 Å². The van der Waals surface area contributed by atoms with Crippen LogP contribution in [0.3, 0.4) is 0 Å². The maximum Gasteiger partial charge on any atom is 0.245 e. The molecule has 1 unspecified atom stereocenters. The maximum atomic E-state index is 12.1. The van der Waals surface area contributed by atoms with Crippen molar-refractivity contribution >= 4 is 5.91 Å². The van der Waals surface area contributed by atoms with Gasteiger partial charge < -0.3 is 15.5 Å². The molecular weight excluding hydrogens is 270 g/mol. The molecular formula is C14H21N5O2. The van der Waals surface area contributed by atoms with Crippen LogP contribution in [0.1, 0.15) is 37.3 Å². The van der Waals surface area contributed by atoms with Gasteiger partial charge in [-0.1, -0.05) is 5.21 Å². The van der Waals surface area contributed by atoms with Crippen LogP contribution in [-0.4, -0.2) is 27.4 Å². The Hall–Kier alpha value is -2.15. The molecule has 7 nitrogen and oxygen atoms in total. The van der Waals surface area contributed by atoms with Crippen molar-refractivity contribution in [2.45, 2.75) is 38.8 Å². The highest BCUT2D eigenvalue weighted by Gasteiger charge is 2.16. The van der Waals surface area contributed by atoms with Gasteiger partial charge in [-0.05, 0) is 44.9 Å². The molecule has 2 aromatic heterocycles. The van der Waals surface area contributed by atoms with E-state index in [2.05, 4.69) is 15.6 Å². The number of rotatable bonds is 8. The molecule has 0 saturated heterocycles. The maximum absolute atomic E-state index is 12.1. The summed E-state index contributed by atoms with van der Waals surface area (Å²) in [5.41, 5.74) is 6.34. The second-order valence-corrected chi connectivity index (χ2v) is 4.91. The van der Waals surface area contributed by atoms with Crippen LogP contribution in [0, 0.1) is 0 Å². The molecule has 3 N–H and O–H groups in total. The summed E-state index contributed by atoms with van der Waals surface area (Å²) in [5.74, 6) is 0.599. The zero-order chi connectivity index (χ0) is 15.1.